The number of nitrogens with zero attached hydrogens (tertiary/aromatic N) is 1. The van der Waals surface area contributed by atoms with Crippen LogP contribution in [0, 0.1) is 5.82 Å². The maximum absolute atomic E-state index is 14.2. The van der Waals surface area contributed by atoms with Crippen LogP contribution < -0.4 is 5.32 Å². The largest absolute Gasteiger partial charge is 0.355 e. The Hall–Kier alpha value is -1.82. The topological polar surface area (TPSA) is 49.4 Å². The summed E-state index contributed by atoms with van der Waals surface area (Å²) >= 11 is 18.6. The lowest BCUT2D eigenvalue weighted by molar-refractivity contribution is -0.140. The summed E-state index contributed by atoms with van der Waals surface area (Å²) in [6.45, 7) is 4.02. The zero-order valence-electron chi connectivity index (χ0n) is 16.1. The lowest BCUT2D eigenvalue weighted by Gasteiger charge is -2.31. The Morgan fingerprint density at radius 1 is 1.00 bits per heavy atom. The van der Waals surface area contributed by atoms with Gasteiger partial charge in [0.1, 0.15) is 11.9 Å². The summed E-state index contributed by atoms with van der Waals surface area (Å²) < 4.78 is 14.2. The maximum Gasteiger partial charge on any atom is 0.242 e. The van der Waals surface area contributed by atoms with Crippen LogP contribution in [0.25, 0.3) is 0 Å². The molecule has 0 radical (unpaired) electrons. The molecular weight excluding hydrogens is 438 g/mol. The number of amides is 2. The molecule has 1 atom stereocenters. The molecule has 2 aromatic rings. The average Bonchev–Trinajstić information content (AvgIpc) is 2.67. The van der Waals surface area contributed by atoms with Gasteiger partial charge in [0.2, 0.25) is 11.8 Å². The minimum Gasteiger partial charge on any atom is -0.355 e. The summed E-state index contributed by atoms with van der Waals surface area (Å²) in [4.78, 5) is 27.2. The summed E-state index contributed by atoms with van der Waals surface area (Å²) in [7, 11) is 0. The molecule has 29 heavy (non-hydrogen) atoms. The predicted molar refractivity (Wildman–Crippen MR) is 115 cm³/mol. The van der Waals surface area contributed by atoms with Crippen molar-refractivity contribution in [2.24, 2.45) is 0 Å². The molecule has 8 heteroatoms. The van der Waals surface area contributed by atoms with Crippen molar-refractivity contribution in [2.45, 2.75) is 39.3 Å². The number of carbonyl (C=O) groups is 2. The summed E-state index contributed by atoms with van der Waals surface area (Å²) in [6.07, 6.45) is 0.0775. The highest BCUT2D eigenvalue weighted by Gasteiger charge is 2.30. The van der Waals surface area contributed by atoms with E-state index in [0.29, 0.717) is 28.6 Å². The fourth-order valence-electron chi connectivity index (χ4n) is 3.02. The smallest absolute Gasteiger partial charge is 0.242 e. The van der Waals surface area contributed by atoms with Gasteiger partial charge in [0.05, 0.1) is 6.42 Å². The molecule has 0 heterocycles. The van der Waals surface area contributed by atoms with Crippen LogP contribution in [0.1, 0.15) is 31.4 Å². The normalized spacial score (nSPS) is 11.8. The Labute approximate surface area is 184 Å². The molecule has 0 aliphatic heterocycles. The molecule has 0 aliphatic rings. The Balaban J connectivity index is 2.42. The van der Waals surface area contributed by atoms with Crippen LogP contribution in [0.3, 0.4) is 0 Å². The summed E-state index contributed by atoms with van der Waals surface area (Å²) in [6, 6.07) is 8.48. The second-order valence-corrected chi connectivity index (χ2v) is 7.64. The molecule has 0 saturated heterocycles. The molecule has 2 aromatic carbocycles. The van der Waals surface area contributed by atoms with E-state index in [9.17, 15) is 14.0 Å². The highest BCUT2D eigenvalue weighted by Crippen LogP contribution is 2.28. The minimum absolute atomic E-state index is 0.0129. The highest BCUT2D eigenvalue weighted by atomic mass is 35.5. The van der Waals surface area contributed by atoms with E-state index in [1.807, 2.05) is 0 Å². The molecule has 1 N–H and O–H groups in total. The van der Waals surface area contributed by atoms with Gasteiger partial charge in [-0.3, -0.25) is 9.59 Å². The van der Waals surface area contributed by atoms with Gasteiger partial charge in [-0.25, -0.2) is 4.39 Å². The van der Waals surface area contributed by atoms with Crippen LogP contribution >= 0.6 is 34.8 Å². The SMILES string of the molecule is CCNC(=O)[C@@H](CC)N(Cc1c(Cl)cccc1Cl)C(=O)Cc1c(F)cccc1Cl. The average molecular weight is 460 g/mol. The standard InChI is InChI=1S/C21H22Cl3FN2O2/c1-3-19(21(29)26-4-2)27(12-14-16(23)7-5-8-17(14)24)20(28)11-13-15(22)9-6-10-18(13)25/h5-10,19H,3-4,11-12H2,1-2H3,(H,26,29)/t19-/m1/s1. The molecule has 0 unspecified atom stereocenters. The van der Waals surface area contributed by atoms with Crippen molar-refractivity contribution >= 4 is 46.6 Å². The van der Waals surface area contributed by atoms with Crippen molar-refractivity contribution in [3.63, 3.8) is 0 Å². The summed E-state index contributed by atoms with van der Waals surface area (Å²) in [5.74, 6) is -1.33. The lowest BCUT2D eigenvalue weighted by atomic mass is 10.1. The van der Waals surface area contributed by atoms with Gasteiger partial charge in [-0.05, 0) is 37.6 Å². The first-order valence-corrected chi connectivity index (χ1v) is 10.4. The van der Waals surface area contributed by atoms with Crippen LogP contribution in [0.15, 0.2) is 36.4 Å². The molecule has 0 aromatic heterocycles. The van der Waals surface area contributed by atoms with Crippen molar-refractivity contribution in [2.75, 3.05) is 6.54 Å². The van der Waals surface area contributed by atoms with Crippen LogP contribution in [-0.4, -0.2) is 29.3 Å². The Morgan fingerprint density at radius 3 is 2.07 bits per heavy atom. The first kappa shape index (κ1) is 23.5. The zero-order valence-corrected chi connectivity index (χ0v) is 18.4. The fourth-order valence-corrected chi connectivity index (χ4v) is 3.77. The summed E-state index contributed by atoms with van der Waals surface area (Å²) in [5.41, 5.74) is 0.603. The molecule has 0 bridgehead atoms. The third-order valence-electron chi connectivity index (χ3n) is 4.52. The number of nitrogens with one attached hydrogen (secondary N) is 1. The van der Waals surface area contributed by atoms with E-state index in [-0.39, 0.29) is 29.5 Å². The first-order valence-electron chi connectivity index (χ1n) is 9.23. The second kappa shape index (κ2) is 10.8. The minimum atomic E-state index is -0.764. The number of carbonyl (C=O) groups excluding carboxylic acids is 2. The third kappa shape index (κ3) is 5.84. The monoisotopic (exact) mass is 458 g/mol. The summed E-state index contributed by atoms with van der Waals surface area (Å²) in [5, 5.41) is 3.65. The lowest BCUT2D eigenvalue weighted by Crippen LogP contribution is -2.49. The first-order chi connectivity index (χ1) is 13.8. The van der Waals surface area contributed by atoms with Crippen molar-refractivity contribution in [3.8, 4) is 0 Å². The Bertz CT molecular complexity index is 852. The molecule has 4 nitrogen and oxygen atoms in total. The van der Waals surface area contributed by atoms with Crippen LogP contribution in [-0.2, 0) is 22.6 Å². The van der Waals surface area contributed by atoms with Gasteiger partial charge in [-0.2, -0.15) is 0 Å². The van der Waals surface area contributed by atoms with E-state index in [1.54, 1.807) is 32.0 Å². The van der Waals surface area contributed by atoms with Crippen LogP contribution in [0.2, 0.25) is 15.1 Å². The van der Waals surface area contributed by atoms with Gasteiger partial charge < -0.3 is 10.2 Å². The number of hydrogen-bond acceptors (Lipinski definition) is 2. The van der Waals surface area contributed by atoms with Gasteiger partial charge >= 0.3 is 0 Å². The molecule has 2 rings (SSSR count). The maximum atomic E-state index is 14.2. The van der Waals surface area contributed by atoms with Gasteiger partial charge in [0.25, 0.3) is 0 Å². The molecular formula is C21H22Cl3FN2O2. The van der Waals surface area contributed by atoms with E-state index < -0.39 is 17.8 Å². The zero-order chi connectivity index (χ0) is 21.6. The molecule has 0 aliphatic carbocycles. The Kier molecular flexibility index (Phi) is 8.75. The number of likely N-dealkylation sites (N-methyl/N-ethyl adjacent to an activating group) is 1. The molecule has 156 valence electrons. The van der Waals surface area contributed by atoms with Gasteiger partial charge in [-0.1, -0.05) is 53.9 Å². The van der Waals surface area contributed by atoms with Crippen molar-refractivity contribution in [3.05, 3.63) is 68.4 Å². The molecule has 0 spiro atoms. The van der Waals surface area contributed by atoms with E-state index in [2.05, 4.69) is 5.32 Å². The number of rotatable bonds is 8. The van der Waals surface area contributed by atoms with Crippen molar-refractivity contribution in [1.29, 1.82) is 0 Å². The fraction of sp³-hybridized carbons (Fsp3) is 0.333. The van der Waals surface area contributed by atoms with E-state index in [4.69, 9.17) is 34.8 Å². The quantitative estimate of drug-likeness (QED) is 0.584. The molecule has 0 saturated carbocycles. The second-order valence-electron chi connectivity index (χ2n) is 6.42. The van der Waals surface area contributed by atoms with Crippen molar-refractivity contribution in [1.82, 2.24) is 10.2 Å². The van der Waals surface area contributed by atoms with Crippen LogP contribution in [0.4, 0.5) is 4.39 Å². The van der Waals surface area contributed by atoms with Gasteiger partial charge in [-0.15, -0.1) is 0 Å². The predicted octanol–water partition coefficient (Wildman–Crippen LogP) is 5.27. The highest BCUT2D eigenvalue weighted by molar-refractivity contribution is 6.36. The van der Waals surface area contributed by atoms with E-state index >= 15 is 0 Å². The molecule has 2 amide bonds. The van der Waals surface area contributed by atoms with Crippen molar-refractivity contribution < 1.29 is 14.0 Å². The Morgan fingerprint density at radius 2 is 1.55 bits per heavy atom. The number of hydrogen-bond donors (Lipinski definition) is 1. The third-order valence-corrected chi connectivity index (χ3v) is 5.58. The van der Waals surface area contributed by atoms with Gasteiger partial charge in [0.15, 0.2) is 0 Å². The van der Waals surface area contributed by atoms with Gasteiger partial charge in [0, 0.05) is 39.3 Å². The van der Waals surface area contributed by atoms with E-state index in [0.717, 1.165) is 0 Å². The van der Waals surface area contributed by atoms with E-state index in [1.165, 1.54) is 23.1 Å². The molecule has 0 fully saturated rings. The van der Waals surface area contributed by atoms with Crippen LogP contribution in [0.5, 0.6) is 0 Å². The number of benzene rings is 2. The number of halogens is 4.